The van der Waals surface area contributed by atoms with Crippen LogP contribution in [0, 0.1) is 0 Å². The van der Waals surface area contributed by atoms with E-state index in [9.17, 15) is 9.90 Å². The van der Waals surface area contributed by atoms with Crippen molar-refractivity contribution in [2.24, 2.45) is 0 Å². The number of carboxylic acid groups (broad SMARTS) is 1. The molecule has 0 radical (unpaired) electrons. The maximum atomic E-state index is 11.3. The zero-order chi connectivity index (χ0) is 22.4. The van der Waals surface area contributed by atoms with Gasteiger partial charge in [-0.05, 0) is 78.2 Å². The van der Waals surface area contributed by atoms with E-state index in [1.165, 1.54) is 0 Å². The maximum absolute atomic E-state index is 11.3. The van der Waals surface area contributed by atoms with Gasteiger partial charge >= 0.3 is 14.8 Å². The Hall–Kier alpha value is -0.0825. The summed E-state index contributed by atoms with van der Waals surface area (Å²) in [5.74, 6) is -0.982. The fourth-order valence-corrected chi connectivity index (χ4v) is 16.8. The lowest BCUT2D eigenvalue weighted by Crippen LogP contribution is -2.67. The molecule has 0 aromatic heterocycles. The molecule has 0 aliphatic heterocycles. The molecule has 6 nitrogen and oxygen atoms in total. The van der Waals surface area contributed by atoms with Crippen LogP contribution in [0.4, 0.5) is 0 Å². The standard InChI is InChI=1S/C18H42O6Si4/c1-12-15-21-17(14-13-16(2)18(19)20)28(22-25(3,4)5,23-26(6,7)8)24-27(9,10)11/h17H,2,12-15H2,1,3-11H3,(H,19,20). The van der Waals surface area contributed by atoms with Gasteiger partial charge in [0.05, 0.1) is 0 Å². The minimum absolute atomic E-state index is 0.169. The van der Waals surface area contributed by atoms with E-state index < -0.39 is 45.5 Å². The van der Waals surface area contributed by atoms with Crippen molar-refractivity contribution in [3.8, 4) is 0 Å². The van der Waals surface area contributed by atoms with Crippen molar-refractivity contribution in [1.29, 1.82) is 0 Å². The van der Waals surface area contributed by atoms with Gasteiger partial charge in [0.2, 0.25) is 0 Å². The van der Waals surface area contributed by atoms with Gasteiger partial charge in [0, 0.05) is 12.2 Å². The lowest BCUT2D eigenvalue weighted by molar-refractivity contribution is -0.132. The van der Waals surface area contributed by atoms with Crippen LogP contribution in [0.25, 0.3) is 0 Å². The van der Waals surface area contributed by atoms with Gasteiger partial charge in [0.25, 0.3) is 0 Å². The Morgan fingerprint density at radius 3 is 1.57 bits per heavy atom. The lowest BCUT2D eigenvalue weighted by atomic mass is 10.2. The summed E-state index contributed by atoms with van der Waals surface area (Å²) in [4.78, 5) is 11.3. The molecule has 1 N–H and O–H groups in total. The Bertz CT molecular complexity index is 479. The van der Waals surface area contributed by atoms with Crippen LogP contribution in [0.3, 0.4) is 0 Å². The van der Waals surface area contributed by atoms with Crippen LogP contribution in [0.15, 0.2) is 12.2 Å². The SMILES string of the molecule is C=C(CCC(OCCC)[Si](O[Si](C)(C)C)(O[Si](C)(C)C)O[Si](C)(C)C)C(=O)O. The van der Waals surface area contributed by atoms with Gasteiger partial charge in [0.15, 0.2) is 25.0 Å². The molecule has 0 aromatic rings. The van der Waals surface area contributed by atoms with Crippen LogP contribution in [0.1, 0.15) is 26.2 Å². The normalized spacial score (nSPS) is 14.8. The van der Waals surface area contributed by atoms with Gasteiger partial charge < -0.3 is 22.2 Å². The third-order valence-electron chi connectivity index (χ3n) is 3.27. The van der Waals surface area contributed by atoms with Gasteiger partial charge in [-0.2, -0.15) is 0 Å². The summed E-state index contributed by atoms with van der Waals surface area (Å²) in [6.45, 7) is 25.4. The third kappa shape index (κ3) is 11.8. The van der Waals surface area contributed by atoms with E-state index >= 15 is 0 Å². The highest BCUT2D eigenvalue weighted by Gasteiger charge is 2.56. The highest BCUT2D eigenvalue weighted by molar-refractivity contribution is 6.90. The Morgan fingerprint density at radius 2 is 1.29 bits per heavy atom. The quantitative estimate of drug-likeness (QED) is 0.279. The topological polar surface area (TPSA) is 74.2 Å². The lowest BCUT2D eigenvalue weighted by Gasteiger charge is -2.46. The van der Waals surface area contributed by atoms with Crippen molar-refractivity contribution in [2.45, 2.75) is 90.8 Å². The summed E-state index contributed by atoms with van der Waals surface area (Å²) in [6, 6.07) is 0. The van der Waals surface area contributed by atoms with Crippen molar-refractivity contribution >= 4 is 39.7 Å². The van der Waals surface area contributed by atoms with Crippen molar-refractivity contribution in [3.05, 3.63) is 12.2 Å². The van der Waals surface area contributed by atoms with Crippen LogP contribution in [-0.4, -0.2) is 57.2 Å². The fourth-order valence-electron chi connectivity index (χ4n) is 2.57. The second-order valence-corrected chi connectivity index (χ2v) is 27.0. The number of carboxylic acids is 1. The highest BCUT2D eigenvalue weighted by Crippen LogP contribution is 2.32. The van der Waals surface area contributed by atoms with Crippen molar-refractivity contribution in [3.63, 3.8) is 0 Å². The van der Waals surface area contributed by atoms with Crippen molar-refractivity contribution in [1.82, 2.24) is 0 Å². The number of carbonyl (C=O) groups is 1. The largest absolute Gasteiger partial charge is 0.500 e. The molecule has 0 aromatic carbocycles. The predicted molar refractivity (Wildman–Crippen MR) is 125 cm³/mol. The van der Waals surface area contributed by atoms with E-state index in [0.29, 0.717) is 19.4 Å². The first-order valence-electron chi connectivity index (χ1n) is 10.0. The van der Waals surface area contributed by atoms with E-state index in [0.717, 1.165) is 6.42 Å². The number of ether oxygens (including phenoxy) is 1. The first-order chi connectivity index (χ1) is 12.4. The highest BCUT2D eigenvalue weighted by atomic mass is 28.5. The average molecular weight is 467 g/mol. The second-order valence-electron chi connectivity index (χ2n) is 10.1. The first-order valence-corrected chi connectivity index (χ1v) is 22.1. The zero-order valence-electron chi connectivity index (χ0n) is 19.6. The summed E-state index contributed by atoms with van der Waals surface area (Å²) in [5.41, 5.74) is -0.226. The van der Waals surface area contributed by atoms with Crippen LogP contribution in [-0.2, 0) is 21.9 Å². The van der Waals surface area contributed by atoms with E-state index in [1.807, 2.05) is 0 Å². The summed E-state index contributed by atoms with van der Waals surface area (Å²) < 4.78 is 26.4. The molecule has 28 heavy (non-hydrogen) atoms. The van der Waals surface area contributed by atoms with Crippen molar-refractivity contribution < 1.29 is 27.0 Å². The van der Waals surface area contributed by atoms with E-state index in [4.69, 9.17) is 17.1 Å². The third-order valence-corrected chi connectivity index (χ3v) is 15.3. The first kappa shape index (κ1) is 27.9. The maximum Gasteiger partial charge on any atom is 0.500 e. The Balaban J connectivity index is 6.18. The number of hydrogen-bond donors (Lipinski definition) is 1. The van der Waals surface area contributed by atoms with Crippen LogP contribution >= 0.6 is 0 Å². The molecule has 0 heterocycles. The Kier molecular flexibility index (Phi) is 10.8. The van der Waals surface area contributed by atoms with Gasteiger partial charge in [-0.25, -0.2) is 4.79 Å². The molecule has 0 spiro atoms. The second kappa shape index (κ2) is 10.8. The molecule has 0 aliphatic carbocycles. The smallest absolute Gasteiger partial charge is 0.478 e. The molecule has 0 saturated carbocycles. The summed E-state index contributed by atoms with van der Waals surface area (Å²) in [6.07, 6.45) is 1.64. The fraction of sp³-hybridized carbons (Fsp3) is 0.833. The van der Waals surface area contributed by atoms with Gasteiger partial charge in [-0.3, -0.25) is 0 Å². The van der Waals surface area contributed by atoms with Gasteiger partial charge in [-0.15, -0.1) is 0 Å². The van der Waals surface area contributed by atoms with E-state index in [1.54, 1.807) is 0 Å². The molecule has 10 heteroatoms. The van der Waals surface area contributed by atoms with Gasteiger partial charge in [0.1, 0.15) is 5.73 Å². The van der Waals surface area contributed by atoms with Crippen LogP contribution < -0.4 is 0 Å². The summed E-state index contributed by atoms with van der Waals surface area (Å²) in [7, 11) is -9.35. The zero-order valence-corrected chi connectivity index (χ0v) is 23.6. The van der Waals surface area contributed by atoms with Crippen LogP contribution in [0.2, 0.25) is 58.9 Å². The monoisotopic (exact) mass is 466 g/mol. The molecule has 0 fully saturated rings. The molecule has 1 atom stereocenters. The molecule has 0 rings (SSSR count). The molecule has 166 valence electrons. The van der Waals surface area contributed by atoms with E-state index in [-0.39, 0.29) is 5.57 Å². The molecule has 0 bridgehead atoms. The predicted octanol–water partition coefficient (Wildman–Crippen LogP) is 5.24. The molecule has 0 saturated heterocycles. The van der Waals surface area contributed by atoms with Crippen molar-refractivity contribution in [2.75, 3.05) is 6.61 Å². The number of rotatable bonds is 14. The molecular formula is C18H42O6Si4. The molecular weight excluding hydrogens is 425 g/mol. The Labute approximate surface area is 176 Å². The average Bonchev–Trinajstić information content (AvgIpc) is 2.40. The minimum atomic E-state index is -3.24. The van der Waals surface area contributed by atoms with E-state index in [2.05, 4.69) is 72.4 Å². The number of aliphatic carboxylic acids is 1. The molecule has 0 aliphatic rings. The summed E-state index contributed by atoms with van der Waals surface area (Å²) in [5, 5.41) is 9.23. The molecule has 0 amide bonds. The van der Waals surface area contributed by atoms with Crippen LogP contribution in [0.5, 0.6) is 0 Å². The minimum Gasteiger partial charge on any atom is -0.478 e. The Morgan fingerprint density at radius 1 is 0.893 bits per heavy atom. The molecule has 1 unspecified atom stereocenters. The summed E-state index contributed by atoms with van der Waals surface area (Å²) >= 11 is 0. The number of hydrogen-bond acceptors (Lipinski definition) is 5. The van der Waals surface area contributed by atoms with Gasteiger partial charge in [-0.1, -0.05) is 13.5 Å².